The highest BCUT2D eigenvalue weighted by atomic mass is 32.2. The Balaban J connectivity index is 1.38. The minimum absolute atomic E-state index is 0.657. The average molecular weight is 479 g/mol. The molecule has 6 aromatic heterocycles. The Morgan fingerprint density at radius 2 is 1.00 bits per heavy atom. The summed E-state index contributed by atoms with van der Waals surface area (Å²) in [5.74, 6) is 1.31. The summed E-state index contributed by atoms with van der Waals surface area (Å²) in [6.45, 7) is 0. The fraction of sp³-hybridized carbons (Fsp3) is 0. The Labute approximate surface area is 197 Å². The van der Waals surface area contributed by atoms with Gasteiger partial charge in [-0.05, 0) is 0 Å². The van der Waals surface area contributed by atoms with E-state index in [-0.39, 0.29) is 0 Å². The second-order valence-corrected chi connectivity index (χ2v) is 9.95. The van der Waals surface area contributed by atoms with Crippen molar-refractivity contribution in [1.29, 1.82) is 0 Å². The lowest BCUT2D eigenvalue weighted by Crippen LogP contribution is -1.98. The van der Waals surface area contributed by atoms with E-state index in [1.807, 2.05) is 60.7 Å². The van der Waals surface area contributed by atoms with E-state index < -0.39 is 0 Å². The highest BCUT2D eigenvalue weighted by Crippen LogP contribution is 2.44. The predicted molar refractivity (Wildman–Crippen MR) is 130 cm³/mol. The zero-order valence-electron chi connectivity index (χ0n) is 17.1. The maximum absolute atomic E-state index is 4.55. The van der Waals surface area contributed by atoms with Gasteiger partial charge in [0.2, 0.25) is 0 Å². The summed E-state index contributed by atoms with van der Waals surface area (Å²) in [4.78, 5) is 0. The molecule has 0 unspecified atom stereocenters. The third-order valence-electron chi connectivity index (χ3n) is 5.72. The molecule has 0 amide bonds. The minimum atomic E-state index is 0.657. The van der Waals surface area contributed by atoms with E-state index >= 15 is 0 Å². The van der Waals surface area contributed by atoms with Crippen LogP contribution in [0.2, 0.25) is 0 Å². The summed E-state index contributed by atoms with van der Waals surface area (Å²) in [5.41, 5.74) is 4.70. The van der Waals surface area contributed by atoms with Crippen LogP contribution < -0.4 is 0 Å². The number of hydrogen-bond acceptors (Lipinski definition) is 10. The van der Waals surface area contributed by atoms with Crippen molar-refractivity contribution in [3.63, 3.8) is 0 Å². The van der Waals surface area contributed by atoms with Gasteiger partial charge in [-0.3, -0.25) is 0 Å². The first-order valence-electron chi connectivity index (χ1n) is 10.3. The van der Waals surface area contributed by atoms with Crippen LogP contribution in [0.5, 0.6) is 0 Å². The lowest BCUT2D eigenvalue weighted by molar-refractivity contribution is 0.830. The molecule has 0 saturated carbocycles. The monoisotopic (exact) mass is 478 g/mol. The molecule has 10 nitrogen and oxygen atoms in total. The largest absolute Gasteiger partial charge is 0.199 e. The molecule has 0 aliphatic rings. The molecule has 0 aliphatic carbocycles. The smallest absolute Gasteiger partial charge is 0.173 e. The van der Waals surface area contributed by atoms with Crippen molar-refractivity contribution >= 4 is 63.8 Å². The van der Waals surface area contributed by atoms with Gasteiger partial charge in [-0.15, -0.1) is 53.3 Å². The lowest BCUT2D eigenvalue weighted by atomic mass is 10.2. The van der Waals surface area contributed by atoms with E-state index in [1.165, 1.54) is 0 Å². The Morgan fingerprint density at radius 3 is 1.47 bits per heavy atom. The van der Waals surface area contributed by atoms with Crippen LogP contribution in [0.25, 0.3) is 63.9 Å². The molecular formula is C22H10N10S2. The second-order valence-electron chi connectivity index (χ2n) is 7.65. The van der Waals surface area contributed by atoms with Gasteiger partial charge in [0.25, 0.3) is 0 Å². The van der Waals surface area contributed by atoms with Crippen molar-refractivity contribution in [2.45, 2.75) is 0 Å². The van der Waals surface area contributed by atoms with E-state index in [0.717, 1.165) is 41.0 Å². The fourth-order valence-corrected chi connectivity index (χ4v) is 6.70. The van der Waals surface area contributed by atoms with Gasteiger partial charge < -0.3 is 0 Å². The number of benzene rings is 2. The summed E-state index contributed by atoms with van der Waals surface area (Å²) in [6.07, 6.45) is 0. The maximum Gasteiger partial charge on any atom is 0.199 e. The van der Waals surface area contributed by atoms with Gasteiger partial charge in [0.05, 0.1) is 9.40 Å². The highest BCUT2D eigenvalue weighted by molar-refractivity contribution is 7.45. The average Bonchev–Trinajstić information content (AvgIpc) is 3.64. The molecule has 6 heterocycles. The molecule has 8 aromatic rings. The fourth-order valence-electron chi connectivity index (χ4n) is 4.16. The van der Waals surface area contributed by atoms with E-state index in [9.17, 15) is 0 Å². The van der Waals surface area contributed by atoms with Crippen LogP contribution >= 0.6 is 22.7 Å². The molecule has 34 heavy (non-hydrogen) atoms. The Bertz CT molecular complexity index is 1880. The molecule has 0 aliphatic heterocycles. The molecule has 160 valence electrons. The summed E-state index contributed by atoms with van der Waals surface area (Å²) < 4.78 is 6.27. The number of nitrogens with zero attached hydrogens (tertiary/aromatic N) is 10. The van der Waals surface area contributed by atoms with E-state index in [4.69, 9.17) is 0 Å². The van der Waals surface area contributed by atoms with Gasteiger partial charge in [-0.1, -0.05) is 71.1 Å². The van der Waals surface area contributed by atoms with Crippen molar-refractivity contribution in [1.82, 2.24) is 50.0 Å². The van der Waals surface area contributed by atoms with Gasteiger partial charge in [-0.2, -0.15) is 9.03 Å². The van der Waals surface area contributed by atoms with Crippen LogP contribution in [0.3, 0.4) is 0 Å². The van der Waals surface area contributed by atoms with Crippen molar-refractivity contribution in [2.24, 2.45) is 0 Å². The van der Waals surface area contributed by atoms with Crippen LogP contribution in [-0.4, -0.2) is 50.0 Å². The summed E-state index contributed by atoms with van der Waals surface area (Å²) in [7, 11) is 0. The standard InChI is InChI=1S/C22H10N10S2/c1-3-7-11(8-4-1)18-25-27-20-16-14(23-29-31(18)20)13-15-17(34-22(13)33-16)21-28-26-19(32(21)30-24-15)12-9-5-2-6-10-12/h1-10H. The highest BCUT2D eigenvalue weighted by Gasteiger charge is 2.23. The number of hydrogen-bond donors (Lipinski definition) is 0. The van der Waals surface area contributed by atoms with Crippen LogP contribution in [-0.2, 0) is 0 Å². The van der Waals surface area contributed by atoms with Crippen LogP contribution in [0, 0.1) is 0 Å². The molecule has 0 bridgehead atoms. The van der Waals surface area contributed by atoms with Crippen molar-refractivity contribution in [3.05, 3.63) is 60.7 Å². The van der Waals surface area contributed by atoms with Crippen LogP contribution in [0.15, 0.2) is 60.7 Å². The van der Waals surface area contributed by atoms with Gasteiger partial charge in [0, 0.05) is 11.1 Å². The molecule has 0 saturated heterocycles. The Hall–Kier alpha value is -4.42. The number of aromatic nitrogens is 10. The van der Waals surface area contributed by atoms with E-state index in [2.05, 4.69) is 41.0 Å². The first kappa shape index (κ1) is 18.1. The lowest BCUT2D eigenvalue weighted by Gasteiger charge is -1.99. The number of thiophene rings is 2. The van der Waals surface area contributed by atoms with E-state index in [1.54, 1.807) is 31.7 Å². The summed E-state index contributed by atoms with van der Waals surface area (Å²) >= 11 is 3.21. The van der Waals surface area contributed by atoms with Gasteiger partial charge in [-0.25, -0.2) is 0 Å². The molecule has 12 heteroatoms. The first-order valence-corrected chi connectivity index (χ1v) is 12.0. The quantitative estimate of drug-likeness (QED) is 0.362. The Morgan fingerprint density at radius 1 is 0.529 bits per heavy atom. The topological polar surface area (TPSA) is 112 Å². The maximum atomic E-state index is 4.55. The van der Waals surface area contributed by atoms with Crippen molar-refractivity contribution in [2.75, 3.05) is 0 Å². The third-order valence-corrected chi connectivity index (χ3v) is 8.16. The van der Waals surface area contributed by atoms with E-state index in [0.29, 0.717) is 22.9 Å². The number of fused-ring (bicyclic) bond motifs is 9. The predicted octanol–water partition coefficient (Wildman–Crippen LogP) is 4.27. The van der Waals surface area contributed by atoms with Crippen molar-refractivity contribution < 1.29 is 0 Å². The van der Waals surface area contributed by atoms with Crippen LogP contribution in [0.4, 0.5) is 0 Å². The third kappa shape index (κ3) is 2.32. The molecule has 8 rings (SSSR count). The zero-order chi connectivity index (χ0) is 22.2. The molecule has 0 fully saturated rings. The molecule has 0 atom stereocenters. The normalized spacial score (nSPS) is 12.1. The summed E-state index contributed by atoms with van der Waals surface area (Å²) in [6, 6.07) is 19.7. The molecule has 0 spiro atoms. The Kier molecular flexibility index (Phi) is 3.48. The van der Waals surface area contributed by atoms with Crippen LogP contribution in [0.1, 0.15) is 0 Å². The molecule has 0 N–H and O–H groups in total. The SMILES string of the molecule is c1ccc(-c2nnc3c4sc5sc6c(nnn7c(-c8ccccc8)nnc67)c5c4nnn23)cc1. The first-order chi connectivity index (χ1) is 16.9. The summed E-state index contributed by atoms with van der Waals surface area (Å²) in [5, 5.41) is 36.5. The number of rotatable bonds is 2. The zero-order valence-corrected chi connectivity index (χ0v) is 18.7. The van der Waals surface area contributed by atoms with Gasteiger partial charge in [0.1, 0.15) is 20.4 Å². The minimum Gasteiger partial charge on any atom is -0.173 e. The van der Waals surface area contributed by atoms with Gasteiger partial charge >= 0.3 is 0 Å². The van der Waals surface area contributed by atoms with Crippen molar-refractivity contribution in [3.8, 4) is 22.8 Å². The molecule has 2 aromatic carbocycles. The van der Waals surface area contributed by atoms with Gasteiger partial charge in [0.15, 0.2) is 22.9 Å². The second kappa shape index (κ2) is 6.56. The molecular weight excluding hydrogens is 468 g/mol. The molecule has 0 radical (unpaired) electrons.